The summed E-state index contributed by atoms with van der Waals surface area (Å²) >= 11 is 3.30. The first kappa shape index (κ1) is 19.4. The molecule has 2 rings (SSSR count). The lowest BCUT2D eigenvalue weighted by Gasteiger charge is -2.23. The minimum Gasteiger partial charge on any atom is -0.351 e. The molecule has 1 saturated heterocycles. The van der Waals surface area contributed by atoms with Crippen LogP contribution in [0.5, 0.6) is 0 Å². The highest BCUT2D eigenvalue weighted by molar-refractivity contribution is 9.10. The smallest absolute Gasteiger partial charge is 0.235 e. The molecule has 2 N–H and O–H groups in total. The molecule has 1 aromatic rings. The van der Waals surface area contributed by atoms with Crippen molar-refractivity contribution in [3.8, 4) is 0 Å². The minimum atomic E-state index is -3.45. The van der Waals surface area contributed by atoms with Crippen LogP contribution < -0.4 is 10.6 Å². The SMILES string of the molecule is Cl.O=C(CS(=O)(=O)Cc1ccc(Br)cc1)N[C@H]1CCCNC1. The Hall–Kier alpha value is -0.630. The molecule has 1 aliphatic heterocycles. The summed E-state index contributed by atoms with van der Waals surface area (Å²) in [5.41, 5.74) is 0.685. The fourth-order valence-electron chi connectivity index (χ4n) is 2.33. The van der Waals surface area contributed by atoms with E-state index >= 15 is 0 Å². The van der Waals surface area contributed by atoms with E-state index in [1.165, 1.54) is 0 Å². The number of hydrogen-bond donors (Lipinski definition) is 2. The lowest BCUT2D eigenvalue weighted by molar-refractivity contribution is -0.119. The zero-order chi connectivity index (χ0) is 15.3. The van der Waals surface area contributed by atoms with Crippen molar-refractivity contribution in [2.45, 2.75) is 24.6 Å². The molecule has 1 atom stereocenters. The van der Waals surface area contributed by atoms with Crippen molar-refractivity contribution in [2.24, 2.45) is 0 Å². The number of amides is 1. The van der Waals surface area contributed by atoms with E-state index in [0.717, 1.165) is 23.9 Å². The summed E-state index contributed by atoms with van der Waals surface area (Å²) in [6.07, 6.45) is 1.89. The lowest BCUT2D eigenvalue weighted by Crippen LogP contribution is -2.47. The summed E-state index contributed by atoms with van der Waals surface area (Å²) in [7, 11) is -3.45. The van der Waals surface area contributed by atoms with E-state index in [1.807, 2.05) is 0 Å². The Morgan fingerprint density at radius 3 is 2.59 bits per heavy atom. The third-order valence-electron chi connectivity index (χ3n) is 3.31. The van der Waals surface area contributed by atoms with Gasteiger partial charge < -0.3 is 10.6 Å². The molecule has 0 spiro atoms. The molecule has 1 aliphatic rings. The van der Waals surface area contributed by atoms with Gasteiger partial charge in [-0.1, -0.05) is 28.1 Å². The molecule has 8 heteroatoms. The second kappa shape index (κ2) is 8.86. The number of sulfone groups is 1. The number of hydrogen-bond acceptors (Lipinski definition) is 4. The second-order valence-electron chi connectivity index (χ2n) is 5.27. The summed E-state index contributed by atoms with van der Waals surface area (Å²) in [5, 5.41) is 5.96. The molecular weight excluding hydrogens is 392 g/mol. The number of benzene rings is 1. The fraction of sp³-hybridized carbons (Fsp3) is 0.500. The molecule has 0 aromatic heterocycles. The average Bonchev–Trinajstić information content (AvgIpc) is 2.41. The van der Waals surface area contributed by atoms with Crippen LogP contribution in [0.3, 0.4) is 0 Å². The van der Waals surface area contributed by atoms with Crippen LogP contribution in [0, 0.1) is 0 Å². The van der Waals surface area contributed by atoms with Gasteiger partial charge in [-0.05, 0) is 37.1 Å². The van der Waals surface area contributed by atoms with E-state index in [-0.39, 0.29) is 24.2 Å². The van der Waals surface area contributed by atoms with Crippen LogP contribution in [0.2, 0.25) is 0 Å². The van der Waals surface area contributed by atoms with Gasteiger partial charge in [-0.25, -0.2) is 8.42 Å². The van der Waals surface area contributed by atoms with Crippen molar-refractivity contribution in [2.75, 3.05) is 18.8 Å². The highest BCUT2D eigenvalue weighted by Crippen LogP contribution is 2.13. The van der Waals surface area contributed by atoms with Crippen LogP contribution in [0.4, 0.5) is 0 Å². The maximum Gasteiger partial charge on any atom is 0.235 e. The second-order valence-corrected chi connectivity index (χ2v) is 8.25. The highest BCUT2D eigenvalue weighted by Gasteiger charge is 2.21. The van der Waals surface area contributed by atoms with Crippen LogP contribution in [0.15, 0.2) is 28.7 Å². The molecule has 0 unspecified atom stereocenters. The van der Waals surface area contributed by atoms with E-state index in [4.69, 9.17) is 0 Å². The van der Waals surface area contributed by atoms with Crippen molar-refractivity contribution >= 4 is 44.1 Å². The van der Waals surface area contributed by atoms with Gasteiger partial charge in [0.15, 0.2) is 9.84 Å². The first-order chi connectivity index (χ1) is 9.94. The third-order valence-corrected chi connectivity index (χ3v) is 5.32. The minimum absolute atomic E-state index is 0. The molecule has 124 valence electrons. The van der Waals surface area contributed by atoms with Crippen molar-refractivity contribution in [3.05, 3.63) is 34.3 Å². The van der Waals surface area contributed by atoms with Crippen LogP contribution in [-0.2, 0) is 20.4 Å². The van der Waals surface area contributed by atoms with Gasteiger partial charge in [0.1, 0.15) is 5.75 Å². The molecule has 1 aromatic carbocycles. The predicted octanol–water partition coefficient (Wildman–Crippen LogP) is 1.65. The predicted molar refractivity (Wildman–Crippen MR) is 92.9 cm³/mol. The number of halogens is 2. The number of carbonyl (C=O) groups is 1. The van der Waals surface area contributed by atoms with E-state index in [1.54, 1.807) is 24.3 Å². The maximum absolute atomic E-state index is 12.0. The summed E-state index contributed by atoms with van der Waals surface area (Å²) in [4.78, 5) is 11.8. The van der Waals surface area contributed by atoms with E-state index in [0.29, 0.717) is 12.1 Å². The van der Waals surface area contributed by atoms with Crippen LogP contribution in [0.1, 0.15) is 18.4 Å². The molecule has 1 heterocycles. The van der Waals surface area contributed by atoms with E-state index < -0.39 is 21.5 Å². The zero-order valence-electron chi connectivity index (χ0n) is 12.0. The number of carbonyl (C=O) groups excluding carboxylic acids is 1. The fourth-order valence-corrected chi connectivity index (χ4v) is 3.88. The number of piperidine rings is 1. The van der Waals surface area contributed by atoms with Gasteiger partial charge in [0.2, 0.25) is 5.91 Å². The normalized spacial score (nSPS) is 18.3. The Bertz CT molecular complexity index is 587. The molecule has 0 saturated carbocycles. The first-order valence-corrected chi connectivity index (χ1v) is 9.51. The first-order valence-electron chi connectivity index (χ1n) is 6.89. The van der Waals surface area contributed by atoms with Crippen LogP contribution >= 0.6 is 28.3 Å². The Labute approximate surface area is 145 Å². The third kappa shape index (κ3) is 6.64. The van der Waals surface area contributed by atoms with Crippen molar-refractivity contribution in [3.63, 3.8) is 0 Å². The lowest BCUT2D eigenvalue weighted by atomic mass is 10.1. The van der Waals surface area contributed by atoms with Crippen molar-refractivity contribution in [1.82, 2.24) is 10.6 Å². The van der Waals surface area contributed by atoms with E-state index in [9.17, 15) is 13.2 Å². The molecule has 0 aliphatic carbocycles. The maximum atomic E-state index is 12.0. The Morgan fingerprint density at radius 2 is 2.00 bits per heavy atom. The molecule has 5 nitrogen and oxygen atoms in total. The molecule has 1 amide bonds. The summed E-state index contributed by atoms with van der Waals surface area (Å²) in [6.45, 7) is 1.66. The Balaban J connectivity index is 0.00000242. The summed E-state index contributed by atoms with van der Waals surface area (Å²) in [6, 6.07) is 7.10. The van der Waals surface area contributed by atoms with Crippen molar-refractivity contribution < 1.29 is 13.2 Å². The zero-order valence-corrected chi connectivity index (χ0v) is 15.3. The molecular formula is C14H20BrClN2O3S. The molecule has 0 bridgehead atoms. The van der Waals surface area contributed by atoms with Gasteiger partial charge in [-0.15, -0.1) is 12.4 Å². The highest BCUT2D eigenvalue weighted by atomic mass is 79.9. The summed E-state index contributed by atoms with van der Waals surface area (Å²) in [5.74, 6) is -0.989. The Kier molecular flexibility index (Phi) is 7.82. The monoisotopic (exact) mass is 410 g/mol. The van der Waals surface area contributed by atoms with Gasteiger partial charge in [0.25, 0.3) is 0 Å². The number of rotatable bonds is 5. The van der Waals surface area contributed by atoms with E-state index in [2.05, 4.69) is 26.6 Å². The molecule has 0 radical (unpaired) electrons. The standard InChI is InChI=1S/C14H19BrN2O3S.ClH/c15-12-5-3-11(4-6-12)9-21(19,20)10-14(18)17-13-2-1-7-16-8-13;/h3-6,13,16H,1-2,7-10H2,(H,17,18);1H/t13-;/m0./s1. The van der Waals surface area contributed by atoms with Gasteiger partial charge in [-0.3, -0.25) is 4.79 Å². The van der Waals surface area contributed by atoms with Crippen LogP contribution in [-0.4, -0.2) is 39.2 Å². The molecule has 1 fully saturated rings. The van der Waals surface area contributed by atoms with Gasteiger partial charge in [0, 0.05) is 17.1 Å². The Morgan fingerprint density at radius 1 is 1.32 bits per heavy atom. The molecule has 22 heavy (non-hydrogen) atoms. The summed E-state index contributed by atoms with van der Waals surface area (Å²) < 4.78 is 25.0. The quantitative estimate of drug-likeness (QED) is 0.772. The van der Waals surface area contributed by atoms with Crippen molar-refractivity contribution in [1.29, 1.82) is 0 Å². The average molecular weight is 412 g/mol. The van der Waals surface area contributed by atoms with Gasteiger partial charge in [-0.2, -0.15) is 0 Å². The van der Waals surface area contributed by atoms with Gasteiger partial charge in [0.05, 0.1) is 5.75 Å². The topological polar surface area (TPSA) is 75.3 Å². The van der Waals surface area contributed by atoms with Gasteiger partial charge >= 0.3 is 0 Å². The largest absolute Gasteiger partial charge is 0.351 e. The van der Waals surface area contributed by atoms with Crippen LogP contribution in [0.25, 0.3) is 0 Å². The number of nitrogens with one attached hydrogen (secondary N) is 2.